The fraction of sp³-hybridized carbons (Fsp3) is 0.150. The summed E-state index contributed by atoms with van der Waals surface area (Å²) in [5.41, 5.74) is 1.39. The van der Waals surface area contributed by atoms with Gasteiger partial charge in [0, 0.05) is 24.2 Å². The molecule has 1 N–H and O–H groups in total. The number of carbonyl (C=O) groups excluding carboxylic acids is 1. The number of fused-ring (bicyclic) bond motifs is 1. The van der Waals surface area contributed by atoms with Crippen molar-refractivity contribution in [1.82, 2.24) is 25.0 Å². The first-order valence-electron chi connectivity index (χ1n) is 8.82. The molecular weight excluding hydrogens is 358 g/mol. The highest BCUT2D eigenvalue weighted by molar-refractivity contribution is 5.93. The zero-order chi connectivity index (χ0) is 19.5. The van der Waals surface area contributed by atoms with Crippen LogP contribution >= 0.6 is 0 Å². The Morgan fingerprint density at radius 3 is 2.79 bits per heavy atom. The van der Waals surface area contributed by atoms with Crippen molar-refractivity contribution in [3.05, 3.63) is 65.1 Å². The van der Waals surface area contributed by atoms with Crippen molar-refractivity contribution in [3.63, 3.8) is 0 Å². The van der Waals surface area contributed by atoms with Crippen LogP contribution in [0.5, 0.6) is 0 Å². The first kappa shape index (κ1) is 17.6. The lowest BCUT2D eigenvalue weighted by molar-refractivity contribution is -0.121. The summed E-state index contributed by atoms with van der Waals surface area (Å²) in [5.74, 6) is 0.336. The van der Waals surface area contributed by atoms with Crippen LogP contribution < -0.4 is 10.9 Å². The number of amides is 1. The average molecular weight is 375 g/mol. The molecule has 28 heavy (non-hydrogen) atoms. The minimum absolute atomic E-state index is 0.0590. The van der Waals surface area contributed by atoms with E-state index in [4.69, 9.17) is 4.52 Å². The molecule has 0 bridgehead atoms. The topological polar surface area (TPSA) is 103 Å². The van der Waals surface area contributed by atoms with Gasteiger partial charge in [-0.05, 0) is 25.1 Å². The summed E-state index contributed by atoms with van der Waals surface area (Å²) >= 11 is 0. The number of para-hydroxylation sites is 1. The highest BCUT2D eigenvalue weighted by Gasteiger charge is 2.17. The number of carbonyl (C=O) groups is 1. The average Bonchev–Trinajstić information content (AvgIpc) is 3.21. The highest BCUT2D eigenvalue weighted by atomic mass is 16.5. The van der Waals surface area contributed by atoms with E-state index < -0.39 is 0 Å². The molecule has 0 aliphatic heterocycles. The second-order valence-corrected chi connectivity index (χ2v) is 6.09. The quantitative estimate of drug-likeness (QED) is 0.574. The van der Waals surface area contributed by atoms with Crippen LogP contribution in [-0.2, 0) is 11.3 Å². The van der Waals surface area contributed by atoms with Crippen molar-refractivity contribution in [2.24, 2.45) is 0 Å². The Bertz CT molecular complexity index is 1200. The van der Waals surface area contributed by atoms with Crippen molar-refractivity contribution in [3.8, 4) is 23.0 Å². The molecule has 0 aliphatic carbocycles. The Labute approximate surface area is 159 Å². The van der Waals surface area contributed by atoms with E-state index in [0.717, 1.165) is 5.39 Å². The van der Waals surface area contributed by atoms with Crippen LogP contribution in [-0.4, -0.2) is 32.1 Å². The van der Waals surface area contributed by atoms with Crippen LogP contribution in [0.4, 0.5) is 0 Å². The van der Waals surface area contributed by atoms with Crippen molar-refractivity contribution < 1.29 is 9.32 Å². The number of rotatable bonds is 5. The highest BCUT2D eigenvalue weighted by Crippen LogP contribution is 2.27. The number of hydrogen-bond donors (Lipinski definition) is 1. The van der Waals surface area contributed by atoms with Crippen LogP contribution in [0, 0.1) is 0 Å². The summed E-state index contributed by atoms with van der Waals surface area (Å²) in [6.45, 7) is 2.27. The van der Waals surface area contributed by atoms with Gasteiger partial charge in [0.2, 0.25) is 11.7 Å². The molecule has 1 amide bonds. The monoisotopic (exact) mass is 375 g/mol. The van der Waals surface area contributed by atoms with E-state index in [1.54, 1.807) is 24.4 Å². The van der Waals surface area contributed by atoms with E-state index in [0.29, 0.717) is 29.1 Å². The number of benzene rings is 1. The van der Waals surface area contributed by atoms with Crippen molar-refractivity contribution in [1.29, 1.82) is 0 Å². The predicted molar refractivity (Wildman–Crippen MR) is 103 cm³/mol. The molecule has 0 spiro atoms. The second-order valence-electron chi connectivity index (χ2n) is 6.09. The largest absolute Gasteiger partial charge is 0.355 e. The maximum absolute atomic E-state index is 12.7. The van der Waals surface area contributed by atoms with Crippen molar-refractivity contribution >= 4 is 16.8 Å². The molecule has 4 aromatic rings. The first-order valence-corrected chi connectivity index (χ1v) is 8.82. The molecule has 140 valence electrons. The molecule has 0 atom stereocenters. The van der Waals surface area contributed by atoms with Crippen molar-refractivity contribution in [2.45, 2.75) is 13.5 Å². The number of nitrogens with one attached hydrogen (secondary N) is 1. The molecule has 3 heterocycles. The molecule has 0 fully saturated rings. The van der Waals surface area contributed by atoms with E-state index in [9.17, 15) is 9.59 Å². The molecular formula is C20H17N5O3. The lowest BCUT2D eigenvalue weighted by Crippen LogP contribution is -2.32. The Kier molecular flexibility index (Phi) is 4.67. The molecule has 0 aliphatic rings. The zero-order valence-corrected chi connectivity index (χ0v) is 15.1. The Morgan fingerprint density at radius 2 is 2.00 bits per heavy atom. The van der Waals surface area contributed by atoms with Gasteiger partial charge in [-0.25, -0.2) is 0 Å². The smallest absolute Gasteiger partial charge is 0.259 e. The number of likely N-dealkylation sites (N-methyl/N-ethyl adjacent to an activating group) is 1. The molecule has 8 nitrogen and oxygen atoms in total. The number of hydrogen-bond acceptors (Lipinski definition) is 6. The van der Waals surface area contributed by atoms with E-state index in [1.165, 1.54) is 10.6 Å². The fourth-order valence-corrected chi connectivity index (χ4v) is 3.00. The predicted octanol–water partition coefficient (Wildman–Crippen LogP) is 2.25. The van der Waals surface area contributed by atoms with Gasteiger partial charge < -0.3 is 9.84 Å². The molecule has 0 radical (unpaired) electrons. The Morgan fingerprint density at radius 1 is 1.18 bits per heavy atom. The second kappa shape index (κ2) is 7.43. The molecule has 0 unspecified atom stereocenters. The summed E-state index contributed by atoms with van der Waals surface area (Å²) < 4.78 is 6.83. The van der Waals surface area contributed by atoms with Gasteiger partial charge in [0.25, 0.3) is 11.4 Å². The Balaban J connectivity index is 1.82. The lowest BCUT2D eigenvalue weighted by Gasteiger charge is -2.11. The van der Waals surface area contributed by atoms with E-state index in [1.807, 2.05) is 31.2 Å². The first-order chi connectivity index (χ1) is 13.7. The van der Waals surface area contributed by atoms with Gasteiger partial charge in [-0.15, -0.1) is 0 Å². The minimum Gasteiger partial charge on any atom is -0.355 e. The van der Waals surface area contributed by atoms with Gasteiger partial charge in [0.05, 0.1) is 11.1 Å². The molecule has 3 aromatic heterocycles. The molecule has 1 aromatic carbocycles. The van der Waals surface area contributed by atoms with Gasteiger partial charge in [-0.1, -0.05) is 29.4 Å². The summed E-state index contributed by atoms with van der Waals surface area (Å²) in [6.07, 6.45) is 1.64. The number of pyridine rings is 2. The van der Waals surface area contributed by atoms with Gasteiger partial charge in [-0.3, -0.25) is 19.1 Å². The van der Waals surface area contributed by atoms with Gasteiger partial charge in [0.1, 0.15) is 12.2 Å². The van der Waals surface area contributed by atoms with Crippen molar-refractivity contribution in [2.75, 3.05) is 6.54 Å². The lowest BCUT2D eigenvalue weighted by atomic mass is 10.1. The third kappa shape index (κ3) is 3.27. The summed E-state index contributed by atoms with van der Waals surface area (Å²) in [6, 6.07) is 14.1. The molecule has 8 heteroatoms. The van der Waals surface area contributed by atoms with Crippen LogP contribution in [0.25, 0.3) is 33.9 Å². The third-order valence-corrected chi connectivity index (χ3v) is 4.24. The minimum atomic E-state index is -0.322. The van der Waals surface area contributed by atoms with E-state index in [2.05, 4.69) is 20.4 Å². The number of nitrogens with zero attached hydrogens (tertiary/aromatic N) is 4. The SMILES string of the molecule is CCNC(=O)Cn1c(=O)cc(-c2nc(-c3ccccn3)no2)c2ccccc21. The van der Waals surface area contributed by atoms with Crippen LogP contribution in [0.2, 0.25) is 0 Å². The maximum atomic E-state index is 12.7. The van der Waals surface area contributed by atoms with Crippen LogP contribution in [0.1, 0.15) is 6.92 Å². The molecule has 0 saturated heterocycles. The summed E-state index contributed by atoms with van der Waals surface area (Å²) in [5, 5.41) is 7.42. The van der Waals surface area contributed by atoms with E-state index in [-0.39, 0.29) is 23.9 Å². The van der Waals surface area contributed by atoms with Gasteiger partial charge >= 0.3 is 0 Å². The maximum Gasteiger partial charge on any atom is 0.259 e. The summed E-state index contributed by atoms with van der Waals surface area (Å²) in [4.78, 5) is 33.3. The van der Waals surface area contributed by atoms with Crippen LogP contribution in [0.15, 0.2) is 64.0 Å². The molecule has 0 saturated carbocycles. The van der Waals surface area contributed by atoms with Gasteiger partial charge in [0.15, 0.2) is 0 Å². The fourth-order valence-electron chi connectivity index (χ4n) is 3.00. The third-order valence-electron chi connectivity index (χ3n) is 4.24. The summed E-state index contributed by atoms with van der Waals surface area (Å²) in [7, 11) is 0. The normalized spacial score (nSPS) is 10.9. The Hall–Kier alpha value is -3.81. The standard InChI is InChI=1S/C20H17N5O3/c1-2-21-17(26)12-25-16-9-4-3-7-13(16)14(11-18(25)27)20-23-19(24-28-20)15-8-5-6-10-22-15/h3-11H,2,12H2,1H3,(H,21,26). The van der Waals surface area contributed by atoms with Gasteiger partial charge in [-0.2, -0.15) is 4.98 Å². The van der Waals surface area contributed by atoms with E-state index >= 15 is 0 Å². The zero-order valence-electron chi connectivity index (χ0n) is 15.1. The number of aromatic nitrogens is 4. The molecule has 4 rings (SSSR count). The van der Waals surface area contributed by atoms with Crippen LogP contribution in [0.3, 0.4) is 0 Å².